The van der Waals surface area contributed by atoms with E-state index in [4.69, 9.17) is 18.5 Å². The highest BCUT2D eigenvalue weighted by Gasteiger charge is 2.27. The summed E-state index contributed by atoms with van der Waals surface area (Å²) in [5, 5.41) is 0. The number of carbonyl (C=O) groups is 2. The molecule has 0 amide bonds. The van der Waals surface area contributed by atoms with Crippen LogP contribution >= 0.6 is 7.82 Å². The van der Waals surface area contributed by atoms with Crippen molar-refractivity contribution in [1.82, 2.24) is 0 Å². The van der Waals surface area contributed by atoms with Crippen molar-refractivity contribution in [2.45, 2.75) is 168 Å². The van der Waals surface area contributed by atoms with E-state index in [-0.39, 0.29) is 32.0 Å². The molecule has 0 aromatic carbocycles. The summed E-state index contributed by atoms with van der Waals surface area (Å²) < 4.78 is 34.1. The number of unbranched alkanes of at least 4 members (excludes halogenated alkanes) is 10. The van der Waals surface area contributed by atoms with E-state index in [1.54, 1.807) is 0 Å². The summed E-state index contributed by atoms with van der Waals surface area (Å²) in [5.41, 5.74) is 0. The van der Waals surface area contributed by atoms with Gasteiger partial charge in [-0.15, -0.1) is 0 Å². The average Bonchev–Trinajstić information content (AvgIpc) is 3.24. The molecular weight excluding hydrogens is 810 g/mol. The smallest absolute Gasteiger partial charge is 0.462 e. The second kappa shape index (κ2) is 43.9. The quantitative estimate of drug-likeness (QED) is 0.0212. The summed E-state index contributed by atoms with van der Waals surface area (Å²) in [5.74, 6) is -0.841. The van der Waals surface area contributed by atoms with Gasteiger partial charge in [-0.2, -0.15) is 0 Å². The molecule has 0 bridgehead atoms. The van der Waals surface area contributed by atoms with Crippen LogP contribution < -0.4 is 0 Å². The summed E-state index contributed by atoms with van der Waals surface area (Å²) in [7, 11) is 1.44. The molecule has 0 heterocycles. The molecule has 63 heavy (non-hydrogen) atoms. The van der Waals surface area contributed by atoms with Gasteiger partial charge < -0.3 is 18.9 Å². The molecule has 0 radical (unpaired) electrons. The van der Waals surface area contributed by atoms with Gasteiger partial charge in [-0.05, 0) is 83.5 Å². The summed E-state index contributed by atoms with van der Waals surface area (Å²) in [4.78, 5) is 35.1. The molecule has 9 nitrogen and oxygen atoms in total. The molecule has 10 heteroatoms. The number of likely N-dealkylation sites (N-methyl/N-ethyl adjacent to an activating group) is 1. The molecule has 2 atom stereocenters. The van der Waals surface area contributed by atoms with Crippen molar-refractivity contribution >= 4 is 19.8 Å². The van der Waals surface area contributed by atoms with Gasteiger partial charge in [-0.25, -0.2) is 4.57 Å². The molecule has 0 fully saturated rings. The van der Waals surface area contributed by atoms with Crippen LogP contribution in [0.3, 0.4) is 0 Å². The topological polar surface area (TPSA) is 108 Å². The highest BCUT2D eigenvalue weighted by molar-refractivity contribution is 7.47. The summed E-state index contributed by atoms with van der Waals surface area (Å²) in [6, 6.07) is 0. The minimum Gasteiger partial charge on any atom is -0.462 e. The van der Waals surface area contributed by atoms with Crippen LogP contribution in [-0.2, 0) is 32.7 Å². The van der Waals surface area contributed by atoms with Crippen LogP contribution in [0.4, 0.5) is 0 Å². The average molecular weight is 899 g/mol. The fourth-order valence-corrected chi connectivity index (χ4v) is 6.57. The van der Waals surface area contributed by atoms with Crippen LogP contribution in [-0.4, -0.2) is 74.9 Å². The fraction of sp³-hybridized carbons (Fsp3) is 0.623. The third-order valence-corrected chi connectivity index (χ3v) is 10.6. The molecule has 1 N–H and O–H groups in total. The first-order valence-corrected chi connectivity index (χ1v) is 25.6. The molecule has 0 aliphatic heterocycles. The molecule has 0 aliphatic rings. The lowest BCUT2D eigenvalue weighted by molar-refractivity contribution is -0.870. The SMILES string of the molecule is CC/C=C\C/C=C\C/C=C\C/C=C\C/C=C\C/C=C\C/C=C\C/C=C\C/C=C\CCCCCCCC(=O)OC(COC(=O)CCCCCCCC)COP(=O)(O)OCC[N+](C)(C)C. The molecule has 0 rings (SSSR count). The normalized spacial score (nSPS) is 14.4. The van der Waals surface area contributed by atoms with E-state index in [0.29, 0.717) is 17.4 Å². The number of phosphoric acid groups is 1. The van der Waals surface area contributed by atoms with Gasteiger partial charge in [0.05, 0.1) is 27.7 Å². The number of esters is 2. The molecule has 0 aromatic heterocycles. The fourth-order valence-electron chi connectivity index (χ4n) is 5.83. The number of ether oxygens (including phenoxy) is 2. The van der Waals surface area contributed by atoms with Gasteiger partial charge in [-0.3, -0.25) is 18.6 Å². The van der Waals surface area contributed by atoms with Crippen molar-refractivity contribution in [3.05, 3.63) is 109 Å². The number of phosphoric ester groups is 1. The van der Waals surface area contributed by atoms with Crippen molar-refractivity contribution in [2.24, 2.45) is 0 Å². The Balaban J connectivity index is 4.15. The summed E-state index contributed by atoms with van der Waals surface area (Å²) in [6.07, 6.45) is 60.4. The molecule has 0 spiro atoms. The Morgan fingerprint density at radius 2 is 0.905 bits per heavy atom. The van der Waals surface area contributed by atoms with Crippen LogP contribution in [0.15, 0.2) is 109 Å². The first-order valence-electron chi connectivity index (χ1n) is 24.1. The second-order valence-corrected chi connectivity index (χ2v) is 18.2. The lowest BCUT2D eigenvalue weighted by atomic mass is 10.1. The molecule has 0 aromatic rings. The molecule has 358 valence electrons. The Morgan fingerprint density at radius 3 is 1.35 bits per heavy atom. The van der Waals surface area contributed by atoms with Crippen LogP contribution in [0.25, 0.3) is 0 Å². The van der Waals surface area contributed by atoms with Crippen molar-refractivity contribution < 1.29 is 42.1 Å². The van der Waals surface area contributed by atoms with E-state index in [1.165, 1.54) is 6.42 Å². The zero-order chi connectivity index (χ0) is 46.4. The first-order chi connectivity index (χ1) is 30.5. The van der Waals surface area contributed by atoms with E-state index in [9.17, 15) is 19.0 Å². The number of allylic oxidation sites excluding steroid dienone is 18. The zero-order valence-corrected chi connectivity index (χ0v) is 41.2. The predicted molar refractivity (Wildman–Crippen MR) is 265 cm³/mol. The largest absolute Gasteiger partial charge is 0.472 e. The van der Waals surface area contributed by atoms with Crippen molar-refractivity contribution in [2.75, 3.05) is 47.5 Å². The minimum atomic E-state index is -4.38. The van der Waals surface area contributed by atoms with Crippen LogP contribution in [0.5, 0.6) is 0 Å². The van der Waals surface area contributed by atoms with E-state index in [1.807, 2.05) is 21.1 Å². The maximum absolute atomic E-state index is 12.7. The Bertz CT molecular complexity index is 1430. The van der Waals surface area contributed by atoms with E-state index < -0.39 is 26.5 Å². The number of hydrogen-bond donors (Lipinski definition) is 1. The van der Waals surface area contributed by atoms with Gasteiger partial charge >= 0.3 is 19.8 Å². The monoisotopic (exact) mass is 899 g/mol. The Kier molecular flexibility index (Phi) is 41.6. The van der Waals surface area contributed by atoms with Crippen molar-refractivity contribution in [3.8, 4) is 0 Å². The third-order valence-electron chi connectivity index (χ3n) is 9.57. The van der Waals surface area contributed by atoms with Gasteiger partial charge in [0.25, 0.3) is 0 Å². The summed E-state index contributed by atoms with van der Waals surface area (Å²) in [6.45, 7) is 4.18. The first kappa shape index (κ1) is 59.7. The number of nitrogens with zero attached hydrogens (tertiary/aromatic N) is 1. The third kappa shape index (κ3) is 48.0. The highest BCUT2D eigenvalue weighted by atomic mass is 31.2. The Labute approximate surface area is 385 Å². The Hall–Kier alpha value is -3.33. The van der Waals surface area contributed by atoms with E-state index >= 15 is 0 Å². The second-order valence-electron chi connectivity index (χ2n) is 16.8. The lowest BCUT2D eigenvalue weighted by Gasteiger charge is -2.24. The van der Waals surface area contributed by atoms with Crippen LogP contribution in [0, 0.1) is 0 Å². The maximum Gasteiger partial charge on any atom is 0.472 e. The summed E-state index contributed by atoms with van der Waals surface area (Å²) >= 11 is 0. The predicted octanol–water partition coefficient (Wildman–Crippen LogP) is 14.3. The van der Waals surface area contributed by atoms with Crippen molar-refractivity contribution in [3.63, 3.8) is 0 Å². The molecule has 0 aliphatic carbocycles. The molecular formula is C53H89NO8P+. The van der Waals surface area contributed by atoms with Gasteiger partial charge in [-0.1, -0.05) is 175 Å². The van der Waals surface area contributed by atoms with Gasteiger partial charge in [0, 0.05) is 12.8 Å². The van der Waals surface area contributed by atoms with Gasteiger partial charge in [0.15, 0.2) is 6.10 Å². The van der Waals surface area contributed by atoms with E-state index in [0.717, 1.165) is 122 Å². The van der Waals surface area contributed by atoms with E-state index in [2.05, 4.69) is 123 Å². The number of quaternary nitrogens is 1. The number of carbonyl (C=O) groups excluding carboxylic acids is 2. The van der Waals surface area contributed by atoms with Crippen LogP contribution in [0.1, 0.15) is 162 Å². The van der Waals surface area contributed by atoms with Crippen molar-refractivity contribution in [1.29, 1.82) is 0 Å². The molecule has 0 saturated heterocycles. The Morgan fingerprint density at radius 1 is 0.508 bits per heavy atom. The number of hydrogen-bond acceptors (Lipinski definition) is 7. The highest BCUT2D eigenvalue weighted by Crippen LogP contribution is 2.43. The van der Waals surface area contributed by atoms with Gasteiger partial charge in [0.1, 0.15) is 19.8 Å². The minimum absolute atomic E-state index is 0.0222. The standard InChI is InChI=1S/C53H88NO8P/c1-6-8-10-12-14-15-16-17-18-19-20-21-22-23-24-25-26-27-28-29-30-31-32-33-34-35-36-37-38-39-40-42-44-46-53(56)62-51(49-59-52(55)45-43-41-13-11-9-7-2)50-61-63(57,58)60-48-47-54(3,4)5/h8,10,14-15,17-18,20-21,23-24,26-27,29-30,32-33,35-36,51H,6-7,9,11-13,16,19,22,25,28,31,34,37-50H2,1-5H3/p+1/b10-8-,15-14-,18-17-,21-20-,24-23-,27-26-,30-29-,33-32-,36-35-. The lowest BCUT2D eigenvalue weighted by Crippen LogP contribution is -2.37. The van der Waals surface area contributed by atoms with Gasteiger partial charge in [0.2, 0.25) is 0 Å². The molecule has 2 unspecified atom stereocenters. The van der Waals surface area contributed by atoms with Crippen LogP contribution in [0.2, 0.25) is 0 Å². The number of rotatable bonds is 42. The molecule has 0 saturated carbocycles. The maximum atomic E-state index is 12.7. The zero-order valence-electron chi connectivity index (χ0n) is 40.3.